The van der Waals surface area contributed by atoms with Crippen molar-refractivity contribution in [2.24, 2.45) is 0 Å². The average molecular weight is 424 g/mol. The fourth-order valence-electron chi connectivity index (χ4n) is 4.15. The molecule has 1 aliphatic carbocycles. The number of rotatable bonds is 5. The maximum atomic E-state index is 13.1. The van der Waals surface area contributed by atoms with E-state index in [0.29, 0.717) is 29.2 Å². The van der Waals surface area contributed by atoms with Crippen molar-refractivity contribution in [1.82, 2.24) is 5.32 Å². The Morgan fingerprint density at radius 2 is 1.97 bits per heavy atom. The molecule has 0 radical (unpaired) electrons. The van der Waals surface area contributed by atoms with Gasteiger partial charge in [0.2, 0.25) is 0 Å². The van der Waals surface area contributed by atoms with Crippen molar-refractivity contribution in [3.63, 3.8) is 0 Å². The molecule has 1 aliphatic heterocycles. The largest absolute Gasteiger partial charge is 0.513 e. The number of methoxy groups -OCH3 is 2. The van der Waals surface area contributed by atoms with E-state index >= 15 is 0 Å². The summed E-state index contributed by atoms with van der Waals surface area (Å²) in [6, 6.07) is 3.38. The number of nitrogens with one attached hydrogen (secondary N) is 1. The van der Waals surface area contributed by atoms with Gasteiger partial charge in [0.1, 0.15) is 5.75 Å². The number of hydrogen-bond acceptors (Lipinski definition) is 6. The van der Waals surface area contributed by atoms with Gasteiger partial charge in [-0.05, 0) is 57.2 Å². The molecule has 8 heteroatoms. The van der Waals surface area contributed by atoms with Crippen molar-refractivity contribution >= 4 is 29.2 Å². The number of hydrogen-bond donors (Lipinski definition) is 1. The van der Waals surface area contributed by atoms with E-state index in [1.807, 2.05) is 6.92 Å². The quantitative estimate of drug-likeness (QED) is 0.721. The highest BCUT2D eigenvalue weighted by Gasteiger charge is 2.50. The Hall–Kier alpha value is -2.25. The smallest absolute Gasteiger partial charge is 0.496 e. The van der Waals surface area contributed by atoms with Gasteiger partial charge in [0.05, 0.1) is 30.9 Å². The SMILES string of the molecule is CCOC(=O)OC1=C(c2c(C)cc(Cl)cc2OC)C(=O)NC12CCC(OC)CC2. The van der Waals surface area contributed by atoms with Crippen molar-refractivity contribution in [2.75, 3.05) is 20.8 Å². The Kier molecular flexibility index (Phi) is 6.39. The van der Waals surface area contributed by atoms with Gasteiger partial charge >= 0.3 is 6.16 Å². The van der Waals surface area contributed by atoms with Crippen LogP contribution in [-0.2, 0) is 19.0 Å². The zero-order chi connectivity index (χ0) is 21.2. The molecule has 0 unspecified atom stereocenters. The summed E-state index contributed by atoms with van der Waals surface area (Å²) in [5.74, 6) is 0.399. The number of benzene rings is 1. The van der Waals surface area contributed by atoms with Crippen LogP contribution >= 0.6 is 11.6 Å². The third-order valence-electron chi connectivity index (χ3n) is 5.54. The second-order valence-corrected chi connectivity index (χ2v) is 7.70. The van der Waals surface area contributed by atoms with E-state index in [0.717, 1.165) is 18.4 Å². The van der Waals surface area contributed by atoms with Crippen LogP contribution in [0.15, 0.2) is 17.9 Å². The highest BCUT2D eigenvalue weighted by Crippen LogP contribution is 2.46. The predicted molar refractivity (Wildman–Crippen MR) is 108 cm³/mol. The molecular formula is C21H26ClNO6. The van der Waals surface area contributed by atoms with Crippen molar-refractivity contribution in [3.05, 3.63) is 34.0 Å². The van der Waals surface area contributed by atoms with Gasteiger partial charge in [0, 0.05) is 17.7 Å². The number of aryl methyl sites for hydroxylation is 1. The fraction of sp³-hybridized carbons (Fsp3) is 0.524. The zero-order valence-electron chi connectivity index (χ0n) is 17.1. The lowest BCUT2D eigenvalue weighted by atomic mass is 9.79. The molecule has 29 heavy (non-hydrogen) atoms. The van der Waals surface area contributed by atoms with Crippen LogP contribution in [0, 0.1) is 6.92 Å². The molecule has 1 aromatic carbocycles. The summed E-state index contributed by atoms with van der Waals surface area (Å²) < 4.78 is 21.6. The fourth-order valence-corrected chi connectivity index (χ4v) is 4.41. The first-order valence-corrected chi connectivity index (χ1v) is 10.0. The summed E-state index contributed by atoms with van der Waals surface area (Å²) >= 11 is 6.16. The molecule has 1 heterocycles. The van der Waals surface area contributed by atoms with E-state index in [1.165, 1.54) is 7.11 Å². The minimum absolute atomic E-state index is 0.109. The van der Waals surface area contributed by atoms with Crippen LogP contribution in [0.4, 0.5) is 4.79 Å². The Morgan fingerprint density at radius 3 is 2.55 bits per heavy atom. The van der Waals surface area contributed by atoms with Gasteiger partial charge in [0.25, 0.3) is 5.91 Å². The molecule has 0 atom stereocenters. The molecule has 1 N–H and O–H groups in total. The van der Waals surface area contributed by atoms with Crippen LogP contribution in [0.5, 0.6) is 5.75 Å². The van der Waals surface area contributed by atoms with Crippen LogP contribution in [-0.4, -0.2) is 44.5 Å². The first-order valence-electron chi connectivity index (χ1n) is 9.64. The Morgan fingerprint density at radius 1 is 1.28 bits per heavy atom. The number of carbonyl (C=O) groups is 2. The number of carbonyl (C=O) groups excluding carboxylic acids is 2. The van der Waals surface area contributed by atoms with Gasteiger partial charge in [0.15, 0.2) is 5.76 Å². The minimum Gasteiger partial charge on any atom is -0.496 e. The first-order chi connectivity index (χ1) is 13.8. The van der Waals surface area contributed by atoms with Crippen molar-refractivity contribution in [2.45, 2.75) is 51.2 Å². The summed E-state index contributed by atoms with van der Waals surface area (Å²) in [7, 11) is 3.18. The van der Waals surface area contributed by atoms with E-state index in [1.54, 1.807) is 26.2 Å². The molecule has 1 amide bonds. The summed E-state index contributed by atoms with van der Waals surface area (Å²) in [6.07, 6.45) is 1.91. The van der Waals surface area contributed by atoms with Crippen LogP contribution < -0.4 is 10.1 Å². The number of amides is 1. The number of halogens is 1. The molecular weight excluding hydrogens is 398 g/mol. The molecule has 0 bridgehead atoms. The Bertz CT molecular complexity index is 842. The molecule has 2 aliphatic rings. The van der Waals surface area contributed by atoms with Crippen LogP contribution in [0.2, 0.25) is 5.02 Å². The third kappa shape index (κ3) is 4.07. The van der Waals surface area contributed by atoms with Gasteiger partial charge < -0.3 is 24.3 Å². The van der Waals surface area contributed by atoms with E-state index in [2.05, 4.69) is 5.32 Å². The summed E-state index contributed by atoms with van der Waals surface area (Å²) in [5, 5.41) is 3.55. The zero-order valence-corrected chi connectivity index (χ0v) is 17.9. The molecule has 0 saturated heterocycles. The standard InChI is InChI=1S/C21H26ClNO6/c1-5-28-20(25)29-18-17(16-12(2)10-13(22)11-15(16)27-4)19(24)23-21(18)8-6-14(26-3)7-9-21/h10-11,14H,5-9H2,1-4H3,(H,23,24). The average Bonchev–Trinajstić information content (AvgIpc) is 2.93. The van der Waals surface area contributed by atoms with Crippen molar-refractivity contribution in [3.8, 4) is 5.75 Å². The summed E-state index contributed by atoms with van der Waals surface area (Å²) in [6.45, 7) is 3.70. The van der Waals surface area contributed by atoms with Crippen molar-refractivity contribution in [1.29, 1.82) is 0 Å². The molecule has 1 saturated carbocycles. The first kappa shape index (κ1) is 21.5. The van der Waals surface area contributed by atoms with Gasteiger partial charge in [-0.15, -0.1) is 0 Å². The van der Waals surface area contributed by atoms with E-state index < -0.39 is 11.7 Å². The van der Waals surface area contributed by atoms with Crippen molar-refractivity contribution < 1.29 is 28.5 Å². The number of ether oxygens (including phenoxy) is 4. The second-order valence-electron chi connectivity index (χ2n) is 7.26. The van der Waals surface area contributed by atoms with Gasteiger partial charge in [-0.3, -0.25) is 4.79 Å². The normalized spacial score (nSPS) is 23.9. The van der Waals surface area contributed by atoms with Gasteiger partial charge in [-0.2, -0.15) is 0 Å². The Balaban J connectivity index is 2.15. The topological polar surface area (TPSA) is 83.1 Å². The lowest BCUT2D eigenvalue weighted by molar-refractivity contribution is -0.116. The summed E-state index contributed by atoms with van der Waals surface area (Å²) in [5.41, 5.74) is 0.789. The molecule has 1 fully saturated rings. The molecule has 3 rings (SSSR count). The molecule has 0 aromatic heterocycles. The molecule has 7 nitrogen and oxygen atoms in total. The molecule has 1 spiro atoms. The Labute approximate surface area is 175 Å². The van der Waals surface area contributed by atoms with Crippen LogP contribution in [0.3, 0.4) is 0 Å². The van der Waals surface area contributed by atoms with E-state index in [-0.39, 0.29) is 30.0 Å². The molecule has 158 valence electrons. The van der Waals surface area contributed by atoms with Crippen LogP contribution in [0.1, 0.15) is 43.7 Å². The maximum absolute atomic E-state index is 13.1. The lowest BCUT2D eigenvalue weighted by Gasteiger charge is -2.37. The minimum atomic E-state index is -0.838. The predicted octanol–water partition coefficient (Wildman–Crippen LogP) is 4.00. The monoisotopic (exact) mass is 423 g/mol. The van der Waals surface area contributed by atoms with Crippen LogP contribution in [0.25, 0.3) is 5.57 Å². The highest BCUT2D eigenvalue weighted by molar-refractivity contribution is 6.31. The van der Waals surface area contributed by atoms with Gasteiger partial charge in [-0.25, -0.2) is 4.79 Å². The van der Waals surface area contributed by atoms with Gasteiger partial charge in [-0.1, -0.05) is 11.6 Å². The summed E-state index contributed by atoms with van der Waals surface area (Å²) in [4.78, 5) is 25.4. The molecule has 1 aromatic rings. The second kappa shape index (κ2) is 8.63. The maximum Gasteiger partial charge on any atom is 0.513 e. The lowest BCUT2D eigenvalue weighted by Crippen LogP contribution is -2.49. The van der Waals surface area contributed by atoms with E-state index in [9.17, 15) is 9.59 Å². The third-order valence-corrected chi connectivity index (χ3v) is 5.76. The highest BCUT2D eigenvalue weighted by atomic mass is 35.5. The van der Waals surface area contributed by atoms with E-state index in [4.69, 9.17) is 30.5 Å².